The Morgan fingerprint density at radius 2 is 1.88 bits per heavy atom. The van der Waals surface area contributed by atoms with Crippen molar-refractivity contribution in [1.82, 2.24) is 5.32 Å². The predicted octanol–water partition coefficient (Wildman–Crippen LogP) is 1.90. The summed E-state index contributed by atoms with van der Waals surface area (Å²) in [6.45, 7) is 4.26. The highest BCUT2D eigenvalue weighted by atomic mass is 15.2. The molecule has 0 unspecified atom stereocenters. The second-order valence-electron chi connectivity index (χ2n) is 4.75. The van der Waals surface area contributed by atoms with Gasteiger partial charge in [0.2, 0.25) is 0 Å². The van der Waals surface area contributed by atoms with Gasteiger partial charge in [0.1, 0.15) is 5.84 Å². The molecule has 0 atom stereocenters. The molecule has 0 spiro atoms. The van der Waals surface area contributed by atoms with E-state index < -0.39 is 0 Å². The Bertz CT molecular complexity index is 393. The summed E-state index contributed by atoms with van der Waals surface area (Å²) in [7, 11) is 0. The van der Waals surface area contributed by atoms with Crippen molar-refractivity contribution in [3.05, 3.63) is 30.3 Å². The fraction of sp³-hybridized carbons (Fsp3) is 0.500. The van der Waals surface area contributed by atoms with Crippen LogP contribution in [0.5, 0.6) is 0 Å². The van der Waals surface area contributed by atoms with Crippen LogP contribution < -0.4 is 10.2 Å². The van der Waals surface area contributed by atoms with Gasteiger partial charge >= 0.3 is 0 Å². The molecular weight excluding hydrogens is 210 g/mol. The van der Waals surface area contributed by atoms with Crippen LogP contribution >= 0.6 is 0 Å². The van der Waals surface area contributed by atoms with Crippen molar-refractivity contribution in [2.24, 2.45) is 10.9 Å². The summed E-state index contributed by atoms with van der Waals surface area (Å²) in [5.41, 5.74) is 1.29. The molecule has 90 valence electrons. The van der Waals surface area contributed by atoms with Crippen LogP contribution in [0.4, 0.5) is 5.69 Å². The Morgan fingerprint density at radius 1 is 1.12 bits per heavy atom. The molecular formula is C14H19N3. The number of hydrogen-bond donors (Lipinski definition) is 1. The molecule has 0 radical (unpaired) electrons. The second kappa shape index (κ2) is 4.88. The summed E-state index contributed by atoms with van der Waals surface area (Å²) < 4.78 is 0. The van der Waals surface area contributed by atoms with E-state index in [0.717, 1.165) is 26.2 Å². The normalized spacial score (nSPS) is 21.6. The number of amidine groups is 1. The molecule has 2 aliphatic heterocycles. The third-order valence-corrected chi connectivity index (χ3v) is 3.65. The first-order valence-corrected chi connectivity index (χ1v) is 6.53. The van der Waals surface area contributed by atoms with Crippen molar-refractivity contribution in [3.63, 3.8) is 0 Å². The van der Waals surface area contributed by atoms with Crippen molar-refractivity contribution in [1.29, 1.82) is 0 Å². The van der Waals surface area contributed by atoms with Crippen LogP contribution in [-0.4, -0.2) is 32.0 Å². The van der Waals surface area contributed by atoms with E-state index in [1.807, 2.05) is 0 Å². The number of benzene rings is 1. The quantitative estimate of drug-likeness (QED) is 0.839. The molecule has 3 nitrogen and oxygen atoms in total. The van der Waals surface area contributed by atoms with Gasteiger partial charge in [0.25, 0.3) is 0 Å². The second-order valence-corrected chi connectivity index (χ2v) is 4.75. The molecule has 0 saturated carbocycles. The molecule has 3 rings (SSSR count). The monoisotopic (exact) mass is 229 g/mol. The van der Waals surface area contributed by atoms with Gasteiger partial charge in [-0.05, 0) is 38.1 Å². The fourth-order valence-electron chi connectivity index (χ4n) is 2.76. The molecule has 1 N–H and O–H groups in total. The number of rotatable bonds is 2. The van der Waals surface area contributed by atoms with E-state index in [4.69, 9.17) is 4.99 Å². The highest BCUT2D eigenvalue weighted by Crippen LogP contribution is 2.24. The van der Waals surface area contributed by atoms with Gasteiger partial charge in [0, 0.05) is 18.2 Å². The summed E-state index contributed by atoms with van der Waals surface area (Å²) in [5.74, 6) is 1.97. The van der Waals surface area contributed by atoms with E-state index in [1.54, 1.807) is 0 Å². The van der Waals surface area contributed by atoms with E-state index in [-0.39, 0.29) is 0 Å². The van der Waals surface area contributed by atoms with E-state index in [1.165, 1.54) is 24.4 Å². The number of para-hydroxylation sites is 1. The molecule has 1 saturated heterocycles. The molecule has 0 aliphatic carbocycles. The Morgan fingerprint density at radius 3 is 2.65 bits per heavy atom. The number of aliphatic imine (C=N–C) groups is 1. The predicted molar refractivity (Wildman–Crippen MR) is 71.7 cm³/mol. The van der Waals surface area contributed by atoms with Crippen LogP contribution in [0, 0.1) is 5.92 Å². The van der Waals surface area contributed by atoms with Crippen molar-refractivity contribution < 1.29 is 0 Å². The maximum Gasteiger partial charge on any atom is 0.107 e. The number of anilines is 1. The van der Waals surface area contributed by atoms with Gasteiger partial charge in [-0.1, -0.05) is 18.2 Å². The van der Waals surface area contributed by atoms with E-state index >= 15 is 0 Å². The standard InChI is InChI=1S/C14H19N3/c1-2-4-13(5-3-1)17-11-10-16-14(17)12-6-8-15-9-7-12/h1-5,12,15H,6-11H2. The minimum Gasteiger partial charge on any atom is -0.328 e. The number of piperidine rings is 1. The highest BCUT2D eigenvalue weighted by molar-refractivity contribution is 6.00. The molecule has 3 heteroatoms. The summed E-state index contributed by atoms with van der Waals surface area (Å²) in [6.07, 6.45) is 2.45. The van der Waals surface area contributed by atoms with Crippen LogP contribution in [0.15, 0.2) is 35.3 Å². The van der Waals surface area contributed by atoms with Crippen LogP contribution in [0.25, 0.3) is 0 Å². The van der Waals surface area contributed by atoms with Crippen molar-refractivity contribution in [3.8, 4) is 0 Å². The van der Waals surface area contributed by atoms with Crippen molar-refractivity contribution in [2.75, 3.05) is 31.1 Å². The van der Waals surface area contributed by atoms with Crippen LogP contribution in [0.1, 0.15) is 12.8 Å². The van der Waals surface area contributed by atoms with Gasteiger partial charge < -0.3 is 10.2 Å². The fourth-order valence-corrected chi connectivity index (χ4v) is 2.76. The third-order valence-electron chi connectivity index (χ3n) is 3.65. The van der Waals surface area contributed by atoms with E-state index in [2.05, 4.69) is 40.5 Å². The molecule has 1 fully saturated rings. The van der Waals surface area contributed by atoms with Gasteiger partial charge in [0.05, 0.1) is 6.54 Å². The van der Waals surface area contributed by atoms with Gasteiger partial charge in [0.15, 0.2) is 0 Å². The number of nitrogens with zero attached hydrogens (tertiary/aromatic N) is 2. The number of hydrogen-bond acceptors (Lipinski definition) is 3. The lowest BCUT2D eigenvalue weighted by Crippen LogP contribution is -2.39. The smallest absolute Gasteiger partial charge is 0.107 e. The van der Waals surface area contributed by atoms with Gasteiger partial charge in [-0.25, -0.2) is 0 Å². The van der Waals surface area contributed by atoms with Gasteiger partial charge in [-0.2, -0.15) is 0 Å². The molecule has 0 amide bonds. The first-order valence-electron chi connectivity index (χ1n) is 6.53. The molecule has 1 aromatic carbocycles. The lowest BCUT2D eigenvalue weighted by molar-refractivity contribution is 0.454. The summed E-state index contributed by atoms with van der Waals surface area (Å²) in [5, 5.41) is 3.42. The average Bonchev–Trinajstić information content (AvgIpc) is 2.90. The van der Waals surface area contributed by atoms with Gasteiger partial charge in [-0.15, -0.1) is 0 Å². The molecule has 0 bridgehead atoms. The van der Waals surface area contributed by atoms with Crippen molar-refractivity contribution >= 4 is 11.5 Å². The van der Waals surface area contributed by atoms with E-state index in [9.17, 15) is 0 Å². The SMILES string of the molecule is c1ccc(N2CCN=C2C2CCNCC2)cc1. The molecule has 0 aromatic heterocycles. The molecule has 1 aromatic rings. The summed E-state index contributed by atoms with van der Waals surface area (Å²) >= 11 is 0. The van der Waals surface area contributed by atoms with Crippen molar-refractivity contribution in [2.45, 2.75) is 12.8 Å². The summed E-state index contributed by atoms with van der Waals surface area (Å²) in [6, 6.07) is 10.6. The minimum absolute atomic E-state index is 0.652. The molecule has 17 heavy (non-hydrogen) atoms. The summed E-state index contributed by atoms with van der Waals surface area (Å²) in [4.78, 5) is 7.13. The van der Waals surface area contributed by atoms with Crippen LogP contribution in [0.3, 0.4) is 0 Å². The average molecular weight is 229 g/mol. The molecule has 2 heterocycles. The zero-order valence-electron chi connectivity index (χ0n) is 10.1. The first kappa shape index (κ1) is 10.8. The van der Waals surface area contributed by atoms with Crippen LogP contribution in [-0.2, 0) is 0 Å². The Labute approximate surface area is 103 Å². The largest absolute Gasteiger partial charge is 0.328 e. The topological polar surface area (TPSA) is 27.6 Å². The highest BCUT2D eigenvalue weighted by Gasteiger charge is 2.27. The number of nitrogens with one attached hydrogen (secondary N) is 1. The minimum atomic E-state index is 0.652. The Hall–Kier alpha value is -1.35. The van der Waals surface area contributed by atoms with Crippen LogP contribution in [0.2, 0.25) is 0 Å². The molecule has 2 aliphatic rings. The zero-order chi connectivity index (χ0) is 11.5. The lowest BCUT2D eigenvalue weighted by atomic mass is 9.96. The lowest BCUT2D eigenvalue weighted by Gasteiger charge is -2.29. The maximum atomic E-state index is 4.73. The first-order chi connectivity index (χ1) is 8.45. The Balaban J connectivity index is 1.79. The van der Waals surface area contributed by atoms with E-state index in [0.29, 0.717) is 5.92 Å². The Kier molecular flexibility index (Phi) is 3.10. The van der Waals surface area contributed by atoms with Gasteiger partial charge in [-0.3, -0.25) is 4.99 Å². The maximum absolute atomic E-state index is 4.73. The zero-order valence-corrected chi connectivity index (χ0v) is 10.1. The third kappa shape index (κ3) is 2.20.